The summed E-state index contributed by atoms with van der Waals surface area (Å²) in [6.45, 7) is 1.62. The number of nitrogens with zero attached hydrogens (tertiary/aromatic N) is 2. The second kappa shape index (κ2) is 8.49. The third-order valence-corrected chi connectivity index (χ3v) is 4.24. The number of hydrogen-bond acceptors (Lipinski definition) is 4. The third kappa shape index (κ3) is 4.83. The van der Waals surface area contributed by atoms with E-state index in [0.717, 1.165) is 24.0 Å². The van der Waals surface area contributed by atoms with Gasteiger partial charge in [-0.05, 0) is 42.2 Å². The number of likely N-dealkylation sites (tertiary alicyclic amines) is 1. The van der Waals surface area contributed by atoms with Crippen molar-refractivity contribution in [3.8, 4) is 11.6 Å². The first-order valence-electron chi connectivity index (χ1n) is 8.53. The Morgan fingerprint density at radius 2 is 2.08 bits per heavy atom. The number of amides is 1. The molecular formula is C20H22N2O4. The molecule has 0 spiro atoms. The van der Waals surface area contributed by atoms with Gasteiger partial charge < -0.3 is 19.5 Å². The molecule has 2 heterocycles. The summed E-state index contributed by atoms with van der Waals surface area (Å²) in [6.07, 6.45) is 4.53. The van der Waals surface area contributed by atoms with Gasteiger partial charge in [0.1, 0.15) is 5.75 Å². The van der Waals surface area contributed by atoms with Crippen LogP contribution in [0.1, 0.15) is 24.0 Å². The maximum atomic E-state index is 11.0. The van der Waals surface area contributed by atoms with E-state index >= 15 is 0 Å². The normalized spacial score (nSPS) is 14.2. The fourth-order valence-corrected chi connectivity index (χ4v) is 2.88. The number of benzene rings is 1. The summed E-state index contributed by atoms with van der Waals surface area (Å²) in [5.41, 5.74) is 3.28. The van der Waals surface area contributed by atoms with Crippen molar-refractivity contribution < 1.29 is 19.4 Å². The highest BCUT2D eigenvalue weighted by atomic mass is 16.5. The number of ether oxygens (including phenoxy) is 2. The maximum Gasteiger partial charge on any atom is 0.407 e. The zero-order valence-corrected chi connectivity index (χ0v) is 14.7. The lowest BCUT2D eigenvalue weighted by atomic mass is 10.0. The monoisotopic (exact) mass is 354 g/mol. The number of piperidine rings is 1. The predicted molar refractivity (Wildman–Crippen MR) is 98.3 cm³/mol. The van der Waals surface area contributed by atoms with Crippen molar-refractivity contribution in [3.05, 3.63) is 59.3 Å². The van der Waals surface area contributed by atoms with Crippen LogP contribution in [0.3, 0.4) is 0 Å². The summed E-state index contributed by atoms with van der Waals surface area (Å²) in [5.74, 6) is 1.25. The second-order valence-electron chi connectivity index (χ2n) is 6.18. The minimum atomic E-state index is -0.844. The molecule has 0 bridgehead atoms. The van der Waals surface area contributed by atoms with Gasteiger partial charge in [0.05, 0.1) is 6.61 Å². The topological polar surface area (TPSA) is 71.9 Å². The molecule has 0 atom stereocenters. The van der Waals surface area contributed by atoms with Gasteiger partial charge in [-0.1, -0.05) is 23.8 Å². The van der Waals surface area contributed by atoms with E-state index in [4.69, 9.17) is 14.6 Å². The fraction of sp³-hybridized carbons (Fsp3) is 0.300. The lowest BCUT2D eigenvalue weighted by molar-refractivity contribution is 0.142. The molecule has 6 nitrogen and oxygen atoms in total. The summed E-state index contributed by atoms with van der Waals surface area (Å²) in [5, 5.41) is 9.01. The van der Waals surface area contributed by atoms with Crippen LogP contribution in [0.2, 0.25) is 0 Å². The molecule has 1 fully saturated rings. The SMILES string of the molecule is COCc1ccc(Oc2cccc(C=C3CCN(C(=O)O)CC3)c2)nc1. The van der Waals surface area contributed by atoms with Crippen molar-refractivity contribution >= 4 is 12.2 Å². The Balaban J connectivity index is 1.65. The predicted octanol–water partition coefficient (Wildman–Crippen LogP) is 4.18. The molecule has 0 aliphatic carbocycles. The molecule has 3 rings (SSSR count). The molecular weight excluding hydrogens is 332 g/mol. The molecule has 1 saturated heterocycles. The zero-order chi connectivity index (χ0) is 18.4. The fourth-order valence-electron chi connectivity index (χ4n) is 2.88. The molecule has 6 heteroatoms. The Morgan fingerprint density at radius 3 is 2.73 bits per heavy atom. The molecule has 1 N–H and O–H groups in total. The van der Waals surface area contributed by atoms with Crippen molar-refractivity contribution in [1.82, 2.24) is 9.88 Å². The van der Waals surface area contributed by atoms with Crippen LogP contribution in [0.5, 0.6) is 11.6 Å². The van der Waals surface area contributed by atoms with E-state index < -0.39 is 6.09 Å². The van der Waals surface area contributed by atoms with Crippen molar-refractivity contribution in [2.75, 3.05) is 20.2 Å². The minimum Gasteiger partial charge on any atom is -0.465 e. The molecule has 136 valence electrons. The number of rotatable bonds is 5. The number of aromatic nitrogens is 1. The summed E-state index contributed by atoms with van der Waals surface area (Å²) >= 11 is 0. The Hall–Kier alpha value is -2.86. The van der Waals surface area contributed by atoms with Gasteiger partial charge in [-0.25, -0.2) is 9.78 Å². The molecule has 1 aromatic heterocycles. The summed E-state index contributed by atoms with van der Waals surface area (Å²) < 4.78 is 10.9. The number of carboxylic acid groups (broad SMARTS) is 1. The summed E-state index contributed by atoms with van der Waals surface area (Å²) in [4.78, 5) is 16.7. The molecule has 0 saturated carbocycles. The first-order chi connectivity index (χ1) is 12.6. The smallest absolute Gasteiger partial charge is 0.407 e. The van der Waals surface area contributed by atoms with E-state index in [0.29, 0.717) is 31.3 Å². The highest BCUT2D eigenvalue weighted by molar-refractivity contribution is 5.65. The average Bonchev–Trinajstić information content (AvgIpc) is 2.64. The quantitative estimate of drug-likeness (QED) is 0.872. The molecule has 1 aliphatic rings. The number of hydrogen-bond donors (Lipinski definition) is 1. The van der Waals surface area contributed by atoms with Gasteiger partial charge in [-0.3, -0.25) is 0 Å². The van der Waals surface area contributed by atoms with Gasteiger partial charge in [0.2, 0.25) is 5.88 Å². The van der Waals surface area contributed by atoms with Gasteiger partial charge in [-0.15, -0.1) is 0 Å². The van der Waals surface area contributed by atoms with Crippen LogP contribution in [0.25, 0.3) is 6.08 Å². The summed E-state index contributed by atoms with van der Waals surface area (Å²) in [6, 6.07) is 11.5. The first kappa shape index (κ1) is 17.9. The molecule has 2 aromatic rings. The standard InChI is InChI=1S/C20H22N2O4/c1-25-14-17-5-6-19(21-13-17)26-18-4-2-3-16(12-18)11-15-7-9-22(10-8-15)20(23)24/h2-6,11-13H,7-10,14H2,1H3,(H,23,24). The number of methoxy groups -OCH3 is 1. The minimum absolute atomic E-state index is 0.523. The Labute approximate surface area is 152 Å². The molecule has 1 amide bonds. The van der Waals surface area contributed by atoms with Crippen molar-refractivity contribution in [3.63, 3.8) is 0 Å². The lowest BCUT2D eigenvalue weighted by Gasteiger charge is -2.25. The Kier molecular flexibility index (Phi) is 5.86. The number of pyridine rings is 1. The maximum absolute atomic E-state index is 11.0. The van der Waals surface area contributed by atoms with E-state index in [-0.39, 0.29) is 0 Å². The van der Waals surface area contributed by atoms with E-state index in [9.17, 15) is 4.79 Å². The van der Waals surface area contributed by atoms with Crippen LogP contribution >= 0.6 is 0 Å². The van der Waals surface area contributed by atoms with E-state index in [1.807, 2.05) is 36.4 Å². The van der Waals surface area contributed by atoms with Crippen molar-refractivity contribution in [1.29, 1.82) is 0 Å². The second-order valence-corrected chi connectivity index (χ2v) is 6.18. The molecule has 1 aliphatic heterocycles. The third-order valence-electron chi connectivity index (χ3n) is 4.24. The largest absolute Gasteiger partial charge is 0.465 e. The molecule has 0 unspecified atom stereocenters. The molecule has 0 radical (unpaired) electrons. The van der Waals surface area contributed by atoms with Gasteiger partial charge in [0, 0.05) is 32.5 Å². The highest BCUT2D eigenvalue weighted by Gasteiger charge is 2.17. The lowest BCUT2D eigenvalue weighted by Crippen LogP contribution is -2.35. The van der Waals surface area contributed by atoms with Crippen molar-refractivity contribution in [2.45, 2.75) is 19.4 Å². The van der Waals surface area contributed by atoms with E-state index in [1.165, 1.54) is 10.5 Å². The summed E-state index contributed by atoms with van der Waals surface area (Å²) in [7, 11) is 1.65. The molecule has 26 heavy (non-hydrogen) atoms. The van der Waals surface area contributed by atoms with E-state index in [2.05, 4.69) is 11.1 Å². The Bertz CT molecular complexity index is 777. The van der Waals surface area contributed by atoms with Gasteiger partial charge in [0.25, 0.3) is 0 Å². The van der Waals surface area contributed by atoms with Crippen molar-refractivity contribution in [2.24, 2.45) is 0 Å². The van der Waals surface area contributed by atoms with Crippen LogP contribution in [-0.4, -0.2) is 41.3 Å². The van der Waals surface area contributed by atoms with Crippen LogP contribution in [0, 0.1) is 0 Å². The Morgan fingerprint density at radius 1 is 1.27 bits per heavy atom. The zero-order valence-electron chi connectivity index (χ0n) is 14.7. The highest BCUT2D eigenvalue weighted by Crippen LogP contribution is 2.24. The van der Waals surface area contributed by atoms with E-state index in [1.54, 1.807) is 13.3 Å². The van der Waals surface area contributed by atoms with Gasteiger partial charge in [-0.2, -0.15) is 0 Å². The van der Waals surface area contributed by atoms with Crippen LogP contribution < -0.4 is 4.74 Å². The van der Waals surface area contributed by atoms with Crippen LogP contribution in [0.4, 0.5) is 4.79 Å². The number of carbonyl (C=O) groups is 1. The van der Waals surface area contributed by atoms with Gasteiger partial charge in [0.15, 0.2) is 0 Å². The average molecular weight is 354 g/mol. The van der Waals surface area contributed by atoms with Crippen LogP contribution in [0.15, 0.2) is 48.2 Å². The molecule has 1 aromatic carbocycles. The van der Waals surface area contributed by atoms with Crippen LogP contribution in [-0.2, 0) is 11.3 Å². The first-order valence-corrected chi connectivity index (χ1v) is 8.53. The van der Waals surface area contributed by atoms with Gasteiger partial charge >= 0.3 is 6.09 Å².